The van der Waals surface area contributed by atoms with Gasteiger partial charge >= 0.3 is 0 Å². The lowest BCUT2D eigenvalue weighted by Gasteiger charge is -2.19. The molecule has 2 nitrogen and oxygen atoms in total. The first-order valence-electron chi connectivity index (χ1n) is 6.54. The first-order chi connectivity index (χ1) is 10.1. The van der Waals surface area contributed by atoms with Crippen LogP contribution in [0.15, 0.2) is 46.2 Å². The first-order valence-corrected chi connectivity index (χ1v) is 8.11. The molecule has 1 N–H and O–H groups in total. The van der Waals surface area contributed by atoms with Gasteiger partial charge in [0.15, 0.2) is 0 Å². The first kappa shape index (κ1) is 16.5. The maximum Gasteiger partial charge on any atom is 0.124 e. The summed E-state index contributed by atoms with van der Waals surface area (Å²) in [6, 6.07) is 11.7. The summed E-state index contributed by atoms with van der Waals surface area (Å²) < 4.78 is 5.49. The molecule has 2 rings (SSSR count). The Hall–Kier alpha value is -0.870. The number of hydrogen-bond donors (Lipinski definition) is 1. The van der Waals surface area contributed by atoms with Gasteiger partial charge in [0.25, 0.3) is 0 Å². The summed E-state index contributed by atoms with van der Waals surface area (Å²) in [4.78, 5) is 2.03. The summed E-state index contributed by atoms with van der Waals surface area (Å²) in [5, 5.41) is 4.62. The van der Waals surface area contributed by atoms with E-state index in [0.29, 0.717) is 10.0 Å². The van der Waals surface area contributed by atoms with E-state index in [9.17, 15) is 0 Å². The molecule has 0 aliphatic carbocycles. The number of benzene rings is 2. The van der Waals surface area contributed by atoms with Crippen molar-refractivity contribution in [3.05, 3.63) is 52.0 Å². The van der Waals surface area contributed by atoms with Crippen molar-refractivity contribution < 1.29 is 4.74 Å². The second-order valence-corrected chi connectivity index (χ2v) is 6.49. The summed E-state index contributed by atoms with van der Waals surface area (Å²) in [7, 11) is 3.61. The summed E-state index contributed by atoms with van der Waals surface area (Å²) in [5.74, 6) is 0.861. The molecule has 1 atom stereocenters. The topological polar surface area (TPSA) is 21.3 Å². The van der Waals surface area contributed by atoms with Crippen molar-refractivity contribution >= 4 is 35.0 Å². The second-order valence-electron chi connectivity index (χ2n) is 4.56. The molecule has 5 heteroatoms. The monoisotopic (exact) mass is 341 g/mol. The van der Waals surface area contributed by atoms with Crippen LogP contribution in [0.5, 0.6) is 5.75 Å². The smallest absolute Gasteiger partial charge is 0.124 e. The molecule has 0 heterocycles. The van der Waals surface area contributed by atoms with Gasteiger partial charge in [-0.05, 0) is 44.3 Å². The van der Waals surface area contributed by atoms with Crippen molar-refractivity contribution in [2.24, 2.45) is 0 Å². The number of hydrogen-bond acceptors (Lipinski definition) is 3. The van der Waals surface area contributed by atoms with Gasteiger partial charge in [0.1, 0.15) is 5.75 Å². The van der Waals surface area contributed by atoms with Crippen LogP contribution in [0, 0.1) is 0 Å². The average Bonchev–Trinajstić information content (AvgIpc) is 2.49. The fourth-order valence-corrected chi connectivity index (χ4v) is 3.63. The molecule has 0 saturated heterocycles. The number of ether oxygens (including phenoxy) is 1. The standard InChI is InChI=1S/C16H17Cl2NOS/c1-10(19-2)16-13(20-3)5-4-6-14(16)21-15-9-11(17)7-8-12(15)18/h4-10,19H,1-3H3. The van der Waals surface area contributed by atoms with E-state index in [1.54, 1.807) is 24.9 Å². The summed E-state index contributed by atoms with van der Waals surface area (Å²) in [5.41, 5.74) is 1.11. The lowest BCUT2D eigenvalue weighted by atomic mass is 10.1. The third-order valence-corrected chi connectivity index (χ3v) is 5.04. The van der Waals surface area contributed by atoms with Gasteiger partial charge in [0.2, 0.25) is 0 Å². The Bertz CT molecular complexity index is 634. The third-order valence-electron chi connectivity index (χ3n) is 3.23. The highest BCUT2D eigenvalue weighted by atomic mass is 35.5. The molecule has 0 fully saturated rings. The van der Waals surface area contributed by atoms with Crippen molar-refractivity contribution in [1.29, 1.82) is 0 Å². The average molecular weight is 342 g/mol. The highest BCUT2D eigenvalue weighted by molar-refractivity contribution is 7.99. The van der Waals surface area contributed by atoms with Gasteiger partial charge in [-0.25, -0.2) is 0 Å². The Morgan fingerprint density at radius 1 is 1.14 bits per heavy atom. The zero-order chi connectivity index (χ0) is 15.4. The lowest BCUT2D eigenvalue weighted by Crippen LogP contribution is -2.14. The van der Waals surface area contributed by atoms with Crippen molar-refractivity contribution in [2.45, 2.75) is 22.8 Å². The number of nitrogens with one attached hydrogen (secondary N) is 1. The lowest BCUT2D eigenvalue weighted by molar-refractivity contribution is 0.401. The van der Waals surface area contributed by atoms with Crippen LogP contribution in [-0.4, -0.2) is 14.2 Å². The Balaban J connectivity index is 2.46. The molecule has 1 unspecified atom stereocenters. The molecule has 21 heavy (non-hydrogen) atoms. The Morgan fingerprint density at radius 3 is 2.57 bits per heavy atom. The molecular weight excluding hydrogens is 325 g/mol. The summed E-state index contributed by atoms with van der Waals surface area (Å²) in [6.45, 7) is 2.10. The fraction of sp³-hybridized carbons (Fsp3) is 0.250. The Morgan fingerprint density at radius 2 is 1.90 bits per heavy atom. The molecular formula is C16H17Cl2NOS. The van der Waals surface area contributed by atoms with E-state index in [0.717, 1.165) is 21.1 Å². The minimum atomic E-state index is 0.168. The largest absolute Gasteiger partial charge is 0.496 e. The summed E-state index contributed by atoms with van der Waals surface area (Å²) >= 11 is 13.9. The van der Waals surface area contributed by atoms with Crippen molar-refractivity contribution in [3.63, 3.8) is 0 Å². The van der Waals surface area contributed by atoms with Gasteiger partial charge < -0.3 is 10.1 Å². The molecule has 0 bridgehead atoms. The summed E-state index contributed by atoms with van der Waals surface area (Å²) in [6.07, 6.45) is 0. The highest BCUT2D eigenvalue weighted by Crippen LogP contribution is 2.41. The van der Waals surface area contributed by atoms with Gasteiger partial charge in [-0.15, -0.1) is 0 Å². The third kappa shape index (κ3) is 3.86. The van der Waals surface area contributed by atoms with Gasteiger partial charge in [0.05, 0.1) is 12.1 Å². The number of rotatable bonds is 5. The van der Waals surface area contributed by atoms with E-state index in [2.05, 4.69) is 18.3 Å². The molecule has 0 aliphatic rings. The van der Waals surface area contributed by atoms with E-state index in [4.69, 9.17) is 27.9 Å². The quantitative estimate of drug-likeness (QED) is 0.782. The molecule has 112 valence electrons. The van der Waals surface area contributed by atoms with Crippen molar-refractivity contribution in [1.82, 2.24) is 5.32 Å². The molecule has 0 spiro atoms. The predicted octanol–water partition coefficient (Wildman–Crippen LogP) is 5.43. The number of halogens is 2. The van der Waals surface area contributed by atoms with Gasteiger partial charge in [-0.2, -0.15) is 0 Å². The van der Waals surface area contributed by atoms with Gasteiger partial charge in [0, 0.05) is 26.4 Å². The van der Waals surface area contributed by atoms with E-state index in [1.807, 2.05) is 31.3 Å². The van der Waals surface area contributed by atoms with E-state index in [-0.39, 0.29) is 6.04 Å². The minimum Gasteiger partial charge on any atom is -0.496 e. The normalized spacial score (nSPS) is 12.2. The van der Waals surface area contributed by atoms with Crippen molar-refractivity contribution in [2.75, 3.05) is 14.2 Å². The van der Waals surface area contributed by atoms with Crippen LogP contribution in [0.3, 0.4) is 0 Å². The van der Waals surface area contributed by atoms with Crippen LogP contribution >= 0.6 is 35.0 Å². The Labute approximate surface area is 139 Å². The van der Waals surface area contributed by atoms with E-state index < -0.39 is 0 Å². The fourth-order valence-electron chi connectivity index (χ4n) is 2.04. The second kappa shape index (κ2) is 7.41. The maximum absolute atomic E-state index is 6.26. The van der Waals surface area contributed by atoms with Crippen LogP contribution in [0.1, 0.15) is 18.5 Å². The molecule has 0 saturated carbocycles. The SMILES string of the molecule is CNC(C)c1c(OC)cccc1Sc1cc(Cl)ccc1Cl. The zero-order valence-corrected chi connectivity index (χ0v) is 14.4. The molecule has 2 aromatic rings. The van der Waals surface area contributed by atoms with Crippen LogP contribution in [0.2, 0.25) is 10.0 Å². The van der Waals surface area contributed by atoms with E-state index in [1.165, 1.54) is 0 Å². The van der Waals surface area contributed by atoms with Crippen LogP contribution < -0.4 is 10.1 Å². The molecule has 2 aromatic carbocycles. The zero-order valence-electron chi connectivity index (χ0n) is 12.1. The molecule has 0 aliphatic heterocycles. The van der Waals surface area contributed by atoms with Gasteiger partial charge in [-0.1, -0.05) is 41.0 Å². The molecule has 0 aromatic heterocycles. The molecule has 0 amide bonds. The van der Waals surface area contributed by atoms with Crippen LogP contribution in [-0.2, 0) is 0 Å². The molecule has 0 radical (unpaired) electrons. The maximum atomic E-state index is 6.26. The highest BCUT2D eigenvalue weighted by Gasteiger charge is 2.16. The Kier molecular flexibility index (Phi) is 5.82. The predicted molar refractivity (Wildman–Crippen MR) is 91.1 cm³/mol. The number of methoxy groups -OCH3 is 1. The van der Waals surface area contributed by atoms with Crippen LogP contribution in [0.25, 0.3) is 0 Å². The minimum absolute atomic E-state index is 0.168. The van der Waals surface area contributed by atoms with Crippen molar-refractivity contribution in [3.8, 4) is 5.75 Å². The van der Waals surface area contributed by atoms with Crippen LogP contribution in [0.4, 0.5) is 0 Å². The van der Waals surface area contributed by atoms with E-state index >= 15 is 0 Å². The van der Waals surface area contributed by atoms with Gasteiger partial charge in [-0.3, -0.25) is 0 Å².